The van der Waals surface area contributed by atoms with E-state index in [2.05, 4.69) is 45.5 Å². The number of carbonyl (C=O) groups is 1. The largest absolute Gasteiger partial charge is 0.497 e. The fraction of sp³-hybridized carbons (Fsp3) is 0.143. The number of halogens is 1. The summed E-state index contributed by atoms with van der Waals surface area (Å²) < 4.78 is 11.8. The first-order valence-electron chi connectivity index (χ1n) is 8.52. The Bertz CT molecular complexity index is 984. The molecule has 2 aromatic carbocycles. The highest BCUT2D eigenvalue weighted by Gasteiger charge is 2.10. The second-order valence-corrected chi connectivity index (χ2v) is 7.92. The Morgan fingerprint density at radius 2 is 2.04 bits per heavy atom. The van der Waals surface area contributed by atoms with Crippen LogP contribution >= 0.6 is 27.7 Å². The summed E-state index contributed by atoms with van der Waals surface area (Å²) in [5, 5.41) is 4.70. The number of benzene rings is 2. The van der Waals surface area contributed by atoms with Crippen molar-refractivity contribution in [3.63, 3.8) is 0 Å². The molecule has 28 heavy (non-hydrogen) atoms. The van der Waals surface area contributed by atoms with Crippen LogP contribution < -0.4 is 10.2 Å². The summed E-state index contributed by atoms with van der Waals surface area (Å²) in [5.41, 5.74) is 4.57. The van der Waals surface area contributed by atoms with Gasteiger partial charge >= 0.3 is 0 Å². The number of hydrogen-bond donors (Lipinski definition) is 1. The molecule has 7 heteroatoms. The third-order valence-electron chi connectivity index (χ3n) is 3.79. The fourth-order valence-electron chi connectivity index (χ4n) is 2.39. The number of aryl methyl sites for hydroxylation is 1. The molecule has 3 rings (SSSR count). The van der Waals surface area contributed by atoms with Gasteiger partial charge in [-0.1, -0.05) is 41.6 Å². The molecular weight excluding hydrogens is 440 g/mol. The highest BCUT2D eigenvalue weighted by Crippen LogP contribution is 2.35. The minimum absolute atomic E-state index is 0.213. The number of ether oxygens (including phenoxy) is 1. The molecule has 0 saturated heterocycles. The molecule has 0 aliphatic rings. The van der Waals surface area contributed by atoms with Gasteiger partial charge in [-0.25, -0.2) is 5.43 Å². The van der Waals surface area contributed by atoms with Crippen LogP contribution in [0, 0.1) is 6.92 Å². The van der Waals surface area contributed by atoms with Gasteiger partial charge in [0.25, 0.3) is 0 Å². The molecule has 0 radical (unpaired) electrons. The van der Waals surface area contributed by atoms with Crippen LogP contribution in [0.4, 0.5) is 0 Å². The number of nitrogens with zero attached hydrogens (tertiary/aromatic N) is 1. The zero-order valence-corrected chi connectivity index (χ0v) is 17.8. The molecule has 1 amide bonds. The van der Waals surface area contributed by atoms with E-state index in [0.29, 0.717) is 11.5 Å². The molecule has 1 aromatic heterocycles. The van der Waals surface area contributed by atoms with Gasteiger partial charge in [0.1, 0.15) is 11.5 Å². The molecular formula is C21H19BrN2O3S. The van der Waals surface area contributed by atoms with E-state index in [4.69, 9.17) is 9.15 Å². The summed E-state index contributed by atoms with van der Waals surface area (Å²) in [4.78, 5) is 13.1. The van der Waals surface area contributed by atoms with Crippen LogP contribution in [0.2, 0.25) is 0 Å². The van der Waals surface area contributed by atoms with Crippen molar-refractivity contribution in [3.05, 3.63) is 76.0 Å². The van der Waals surface area contributed by atoms with E-state index in [-0.39, 0.29) is 12.3 Å². The second kappa shape index (κ2) is 9.61. The summed E-state index contributed by atoms with van der Waals surface area (Å²) in [5.74, 6) is 1.04. The van der Waals surface area contributed by atoms with E-state index < -0.39 is 0 Å². The Labute approximate surface area is 176 Å². The highest BCUT2D eigenvalue weighted by atomic mass is 79.9. The number of hydrazone groups is 1. The number of nitrogens with one attached hydrogen (secondary N) is 1. The van der Waals surface area contributed by atoms with Gasteiger partial charge in [0.15, 0.2) is 5.09 Å². The van der Waals surface area contributed by atoms with Crippen LogP contribution in [0.5, 0.6) is 5.75 Å². The maximum absolute atomic E-state index is 12.0. The van der Waals surface area contributed by atoms with Crippen molar-refractivity contribution < 1.29 is 13.9 Å². The zero-order valence-electron chi connectivity index (χ0n) is 15.4. The maximum atomic E-state index is 12.0. The van der Waals surface area contributed by atoms with Gasteiger partial charge in [0.2, 0.25) is 5.91 Å². The normalized spacial score (nSPS) is 11.0. The predicted octanol–water partition coefficient (Wildman–Crippen LogP) is 5.20. The third kappa shape index (κ3) is 5.74. The minimum Gasteiger partial charge on any atom is -0.497 e. The lowest BCUT2D eigenvalue weighted by atomic mass is 10.1. The second-order valence-electron chi connectivity index (χ2n) is 6.02. The van der Waals surface area contributed by atoms with Gasteiger partial charge < -0.3 is 9.15 Å². The van der Waals surface area contributed by atoms with Gasteiger partial charge in [-0.05, 0) is 52.7 Å². The summed E-state index contributed by atoms with van der Waals surface area (Å²) in [6, 6.07) is 17.4. The summed E-state index contributed by atoms with van der Waals surface area (Å²) in [7, 11) is 1.59. The summed E-state index contributed by atoms with van der Waals surface area (Å²) in [6.45, 7) is 2.05. The molecule has 0 aliphatic heterocycles. The molecule has 1 N–H and O–H groups in total. The topological polar surface area (TPSA) is 63.8 Å². The first-order valence-corrected chi connectivity index (χ1v) is 10.1. The molecule has 0 aliphatic carbocycles. The van der Waals surface area contributed by atoms with Crippen molar-refractivity contribution in [1.82, 2.24) is 5.43 Å². The number of rotatable bonds is 7. The lowest BCUT2D eigenvalue weighted by Crippen LogP contribution is -2.19. The SMILES string of the molecule is COc1cccc(CC(=O)N/N=C/c2cc(Br)c(Sc3ccc(C)cc3)o2)c1. The van der Waals surface area contributed by atoms with Crippen molar-refractivity contribution in [2.75, 3.05) is 7.11 Å². The molecule has 0 fully saturated rings. The fourth-order valence-corrected chi connectivity index (χ4v) is 3.72. The lowest BCUT2D eigenvalue weighted by molar-refractivity contribution is -0.120. The molecule has 0 atom stereocenters. The van der Waals surface area contributed by atoms with Crippen molar-refractivity contribution in [1.29, 1.82) is 0 Å². The highest BCUT2D eigenvalue weighted by molar-refractivity contribution is 9.10. The Balaban J connectivity index is 1.56. The Hall–Kier alpha value is -2.51. The van der Waals surface area contributed by atoms with E-state index in [1.165, 1.54) is 23.5 Å². The van der Waals surface area contributed by atoms with Crippen LogP contribution in [-0.4, -0.2) is 19.2 Å². The Kier molecular flexibility index (Phi) is 6.95. The van der Waals surface area contributed by atoms with Crippen molar-refractivity contribution in [3.8, 4) is 5.75 Å². The van der Waals surface area contributed by atoms with Gasteiger partial charge in [-0.2, -0.15) is 5.10 Å². The minimum atomic E-state index is -0.218. The monoisotopic (exact) mass is 458 g/mol. The molecule has 0 saturated carbocycles. The molecule has 0 bridgehead atoms. The van der Waals surface area contributed by atoms with E-state index in [1.54, 1.807) is 7.11 Å². The van der Waals surface area contributed by atoms with Gasteiger partial charge in [0, 0.05) is 11.0 Å². The van der Waals surface area contributed by atoms with Crippen molar-refractivity contribution in [2.24, 2.45) is 5.10 Å². The Morgan fingerprint density at radius 1 is 1.25 bits per heavy atom. The number of amides is 1. The van der Waals surface area contributed by atoms with E-state index >= 15 is 0 Å². The van der Waals surface area contributed by atoms with E-state index in [1.807, 2.05) is 42.5 Å². The summed E-state index contributed by atoms with van der Waals surface area (Å²) >= 11 is 5.01. The first-order chi connectivity index (χ1) is 13.5. The number of hydrogen-bond acceptors (Lipinski definition) is 5. The molecule has 0 spiro atoms. The lowest BCUT2D eigenvalue weighted by Gasteiger charge is -2.03. The van der Waals surface area contributed by atoms with Gasteiger partial charge in [-0.3, -0.25) is 4.79 Å². The van der Waals surface area contributed by atoms with Gasteiger partial charge in [-0.15, -0.1) is 0 Å². The molecule has 5 nitrogen and oxygen atoms in total. The van der Waals surface area contributed by atoms with Crippen LogP contribution in [-0.2, 0) is 11.2 Å². The zero-order chi connectivity index (χ0) is 19.9. The quantitative estimate of drug-likeness (QED) is 0.390. The van der Waals surface area contributed by atoms with Crippen LogP contribution in [0.1, 0.15) is 16.9 Å². The third-order valence-corrected chi connectivity index (χ3v) is 5.63. The summed E-state index contributed by atoms with van der Waals surface area (Å²) in [6.07, 6.45) is 1.69. The van der Waals surface area contributed by atoms with Crippen LogP contribution in [0.15, 0.2) is 78.6 Å². The molecule has 3 aromatic rings. The van der Waals surface area contributed by atoms with Crippen LogP contribution in [0.3, 0.4) is 0 Å². The predicted molar refractivity (Wildman–Crippen MR) is 114 cm³/mol. The van der Waals surface area contributed by atoms with E-state index in [0.717, 1.165) is 20.0 Å². The Morgan fingerprint density at radius 3 is 2.79 bits per heavy atom. The molecule has 1 heterocycles. The number of furan rings is 1. The molecule has 144 valence electrons. The standard InChI is InChI=1S/C21H19BrN2O3S/c1-14-6-8-18(9-7-14)28-21-19(22)12-17(27-21)13-23-24-20(25)11-15-4-3-5-16(10-15)26-2/h3-10,12-13H,11H2,1-2H3,(H,24,25)/b23-13+. The smallest absolute Gasteiger partial charge is 0.244 e. The number of carbonyl (C=O) groups excluding carboxylic acids is 1. The average molecular weight is 459 g/mol. The number of methoxy groups -OCH3 is 1. The van der Waals surface area contributed by atoms with Crippen molar-refractivity contribution in [2.45, 2.75) is 23.3 Å². The maximum Gasteiger partial charge on any atom is 0.244 e. The molecule has 0 unspecified atom stereocenters. The van der Waals surface area contributed by atoms with Crippen molar-refractivity contribution >= 4 is 39.8 Å². The average Bonchev–Trinajstić information content (AvgIpc) is 3.03. The van der Waals surface area contributed by atoms with Crippen LogP contribution in [0.25, 0.3) is 0 Å². The van der Waals surface area contributed by atoms with Gasteiger partial charge in [0.05, 0.1) is 24.2 Å². The van der Waals surface area contributed by atoms with E-state index in [9.17, 15) is 4.79 Å². The first kappa shape index (κ1) is 20.2.